The molecule has 1 unspecified atom stereocenters. The molecule has 2 aromatic carbocycles. The summed E-state index contributed by atoms with van der Waals surface area (Å²) in [4.78, 5) is 42.6. The summed E-state index contributed by atoms with van der Waals surface area (Å²) < 4.78 is 10.5. The second-order valence-corrected chi connectivity index (χ2v) is 8.78. The average Bonchev–Trinajstić information content (AvgIpc) is 2.83. The fourth-order valence-corrected chi connectivity index (χ4v) is 4.92. The van der Waals surface area contributed by atoms with Gasteiger partial charge in [0.05, 0.1) is 30.7 Å². The van der Waals surface area contributed by atoms with Gasteiger partial charge >= 0.3 is 0 Å². The molecule has 2 heterocycles. The molecule has 0 radical (unpaired) electrons. The van der Waals surface area contributed by atoms with Crippen LogP contribution in [0, 0.1) is 0 Å². The van der Waals surface area contributed by atoms with Crippen molar-refractivity contribution < 1.29 is 23.9 Å². The van der Waals surface area contributed by atoms with E-state index >= 15 is 0 Å². The summed E-state index contributed by atoms with van der Waals surface area (Å²) in [6.45, 7) is 1.70. The van der Waals surface area contributed by atoms with Crippen LogP contribution in [0.5, 0.6) is 11.5 Å². The van der Waals surface area contributed by atoms with Gasteiger partial charge in [-0.1, -0.05) is 12.1 Å². The molecule has 1 fully saturated rings. The Hall–Kier alpha value is -3.20. The van der Waals surface area contributed by atoms with Crippen molar-refractivity contribution in [3.63, 3.8) is 0 Å². The van der Waals surface area contributed by atoms with Crippen LogP contribution in [-0.4, -0.2) is 73.2 Å². The van der Waals surface area contributed by atoms with Crippen molar-refractivity contribution >= 4 is 35.2 Å². The molecular formula is C23H25N3O5S. The van der Waals surface area contributed by atoms with Crippen molar-refractivity contribution in [3.05, 3.63) is 48.0 Å². The number of rotatable bonds is 5. The Morgan fingerprint density at radius 1 is 1.03 bits per heavy atom. The van der Waals surface area contributed by atoms with Crippen molar-refractivity contribution in [3.8, 4) is 11.5 Å². The first-order valence-corrected chi connectivity index (χ1v) is 11.2. The lowest BCUT2D eigenvalue weighted by Crippen LogP contribution is -2.51. The highest BCUT2D eigenvalue weighted by molar-refractivity contribution is 8.01. The number of para-hydroxylation sites is 1. The molecule has 32 heavy (non-hydrogen) atoms. The number of hydrogen-bond donors (Lipinski definition) is 1. The van der Waals surface area contributed by atoms with Gasteiger partial charge in [0.2, 0.25) is 11.8 Å². The SMILES string of the molecule is COc1ccc(C(=O)N2CCN(C(=O)CC3Sc4ccccc4NC3=O)CC2)c(OC)c1. The third kappa shape index (κ3) is 4.52. The Morgan fingerprint density at radius 2 is 1.75 bits per heavy atom. The quantitative estimate of drug-likeness (QED) is 0.745. The number of nitrogens with zero attached hydrogens (tertiary/aromatic N) is 2. The van der Waals surface area contributed by atoms with Crippen LogP contribution in [0.25, 0.3) is 0 Å². The smallest absolute Gasteiger partial charge is 0.257 e. The molecule has 9 heteroatoms. The summed E-state index contributed by atoms with van der Waals surface area (Å²) in [5.74, 6) is 0.693. The van der Waals surface area contributed by atoms with Gasteiger partial charge in [0, 0.05) is 43.6 Å². The van der Waals surface area contributed by atoms with Crippen molar-refractivity contribution in [1.29, 1.82) is 0 Å². The number of fused-ring (bicyclic) bond motifs is 1. The molecule has 168 valence electrons. The fourth-order valence-electron chi connectivity index (χ4n) is 3.82. The van der Waals surface area contributed by atoms with Gasteiger partial charge in [0.15, 0.2) is 0 Å². The maximum Gasteiger partial charge on any atom is 0.257 e. The van der Waals surface area contributed by atoms with E-state index in [9.17, 15) is 14.4 Å². The number of piperazine rings is 1. The van der Waals surface area contributed by atoms with E-state index < -0.39 is 5.25 Å². The van der Waals surface area contributed by atoms with Gasteiger partial charge in [-0.2, -0.15) is 0 Å². The first kappa shape index (κ1) is 22.0. The highest BCUT2D eigenvalue weighted by Crippen LogP contribution is 2.36. The molecule has 0 aromatic heterocycles. The molecule has 2 aliphatic heterocycles. The molecular weight excluding hydrogens is 430 g/mol. The maximum absolute atomic E-state index is 13.0. The summed E-state index contributed by atoms with van der Waals surface area (Å²) in [5, 5.41) is 2.42. The van der Waals surface area contributed by atoms with Gasteiger partial charge < -0.3 is 24.6 Å². The summed E-state index contributed by atoms with van der Waals surface area (Å²) >= 11 is 1.42. The Morgan fingerprint density at radius 3 is 2.47 bits per heavy atom. The Kier molecular flexibility index (Phi) is 6.55. The van der Waals surface area contributed by atoms with E-state index in [1.807, 2.05) is 24.3 Å². The Bertz CT molecular complexity index is 1040. The van der Waals surface area contributed by atoms with Gasteiger partial charge in [0.25, 0.3) is 5.91 Å². The lowest BCUT2D eigenvalue weighted by molar-refractivity contribution is -0.134. The van der Waals surface area contributed by atoms with Crippen LogP contribution in [-0.2, 0) is 9.59 Å². The molecule has 2 aromatic rings. The fraction of sp³-hybridized carbons (Fsp3) is 0.348. The maximum atomic E-state index is 13.0. The predicted molar refractivity (Wildman–Crippen MR) is 121 cm³/mol. The first-order valence-electron chi connectivity index (χ1n) is 10.4. The van der Waals surface area contributed by atoms with Crippen molar-refractivity contribution in [2.24, 2.45) is 0 Å². The topological polar surface area (TPSA) is 88.2 Å². The number of nitrogens with one attached hydrogen (secondary N) is 1. The van der Waals surface area contributed by atoms with Crippen LogP contribution in [0.2, 0.25) is 0 Å². The highest BCUT2D eigenvalue weighted by Gasteiger charge is 2.32. The number of thioether (sulfide) groups is 1. The number of carbonyl (C=O) groups is 3. The number of benzene rings is 2. The first-order chi connectivity index (χ1) is 15.5. The van der Waals surface area contributed by atoms with E-state index in [4.69, 9.17) is 9.47 Å². The average molecular weight is 456 g/mol. The van der Waals surface area contributed by atoms with Gasteiger partial charge in [-0.3, -0.25) is 14.4 Å². The molecule has 2 aliphatic rings. The number of methoxy groups -OCH3 is 2. The third-order valence-electron chi connectivity index (χ3n) is 5.63. The van der Waals surface area contributed by atoms with E-state index in [2.05, 4.69) is 5.32 Å². The van der Waals surface area contributed by atoms with Gasteiger partial charge in [-0.05, 0) is 24.3 Å². The predicted octanol–water partition coefficient (Wildman–Crippen LogP) is 2.49. The number of amides is 3. The van der Waals surface area contributed by atoms with E-state index in [1.165, 1.54) is 18.9 Å². The molecule has 1 atom stereocenters. The molecule has 0 bridgehead atoms. The molecule has 3 amide bonds. The standard InChI is InChI=1S/C23H25N3O5S/c1-30-15-7-8-16(18(13-15)31-2)23(29)26-11-9-25(10-12-26)21(27)14-20-22(28)24-17-5-3-4-6-19(17)32-20/h3-8,13,20H,9-12,14H2,1-2H3,(H,24,28). The number of hydrogen-bond acceptors (Lipinski definition) is 6. The van der Waals surface area contributed by atoms with E-state index in [0.717, 1.165) is 10.6 Å². The third-order valence-corrected chi connectivity index (χ3v) is 6.90. The lowest BCUT2D eigenvalue weighted by atomic mass is 10.1. The minimum absolute atomic E-state index is 0.0776. The van der Waals surface area contributed by atoms with Crippen LogP contribution in [0.15, 0.2) is 47.4 Å². The zero-order valence-corrected chi connectivity index (χ0v) is 18.8. The van der Waals surface area contributed by atoms with Crippen molar-refractivity contribution in [2.75, 3.05) is 45.7 Å². The lowest BCUT2D eigenvalue weighted by Gasteiger charge is -2.35. The second-order valence-electron chi connectivity index (χ2n) is 7.54. The van der Waals surface area contributed by atoms with E-state index in [0.29, 0.717) is 43.2 Å². The van der Waals surface area contributed by atoms with Crippen LogP contribution < -0.4 is 14.8 Å². The van der Waals surface area contributed by atoms with Crippen LogP contribution in [0.1, 0.15) is 16.8 Å². The molecule has 4 rings (SSSR count). The zero-order valence-electron chi connectivity index (χ0n) is 18.0. The molecule has 0 spiro atoms. The highest BCUT2D eigenvalue weighted by atomic mass is 32.2. The number of ether oxygens (including phenoxy) is 2. The van der Waals surface area contributed by atoms with Crippen LogP contribution in [0.3, 0.4) is 0 Å². The van der Waals surface area contributed by atoms with Gasteiger partial charge in [0.1, 0.15) is 11.5 Å². The molecule has 8 nitrogen and oxygen atoms in total. The molecule has 1 N–H and O–H groups in total. The summed E-state index contributed by atoms with van der Waals surface area (Å²) in [7, 11) is 3.07. The second kappa shape index (κ2) is 9.52. The minimum Gasteiger partial charge on any atom is -0.497 e. The zero-order chi connectivity index (χ0) is 22.7. The normalized spacial score (nSPS) is 17.9. The number of carbonyl (C=O) groups excluding carboxylic acids is 3. The van der Waals surface area contributed by atoms with Gasteiger partial charge in [-0.15, -0.1) is 11.8 Å². The van der Waals surface area contributed by atoms with Crippen LogP contribution >= 0.6 is 11.8 Å². The van der Waals surface area contributed by atoms with E-state index in [1.54, 1.807) is 35.1 Å². The Labute approximate surface area is 190 Å². The molecule has 0 aliphatic carbocycles. The van der Waals surface area contributed by atoms with Crippen molar-refractivity contribution in [1.82, 2.24) is 9.80 Å². The number of anilines is 1. The van der Waals surface area contributed by atoms with Crippen molar-refractivity contribution in [2.45, 2.75) is 16.6 Å². The summed E-state index contributed by atoms with van der Waals surface area (Å²) in [5.41, 5.74) is 1.24. The van der Waals surface area contributed by atoms with E-state index in [-0.39, 0.29) is 24.1 Å². The Balaban J connectivity index is 1.34. The summed E-state index contributed by atoms with van der Waals surface area (Å²) in [6.07, 6.45) is 0.130. The molecule has 0 saturated carbocycles. The van der Waals surface area contributed by atoms with Gasteiger partial charge in [-0.25, -0.2) is 0 Å². The minimum atomic E-state index is -0.458. The monoisotopic (exact) mass is 455 g/mol. The molecule has 1 saturated heterocycles. The largest absolute Gasteiger partial charge is 0.497 e. The summed E-state index contributed by atoms with van der Waals surface area (Å²) in [6, 6.07) is 12.7. The van der Waals surface area contributed by atoms with Crippen LogP contribution in [0.4, 0.5) is 5.69 Å².